The molecule has 153 valence electrons. The maximum absolute atomic E-state index is 12.9. The van der Waals surface area contributed by atoms with Crippen molar-refractivity contribution < 1.29 is 24.9 Å². The van der Waals surface area contributed by atoms with Gasteiger partial charge in [0.05, 0.1) is 5.56 Å². The number of azo groups is 1. The van der Waals surface area contributed by atoms with Crippen LogP contribution in [-0.2, 0) is 0 Å². The number of phenols is 2. The second kappa shape index (κ2) is 9.74. The van der Waals surface area contributed by atoms with Crippen molar-refractivity contribution in [3.63, 3.8) is 0 Å². The third-order valence-electron chi connectivity index (χ3n) is 4.78. The van der Waals surface area contributed by atoms with E-state index in [0.29, 0.717) is 5.39 Å². The van der Waals surface area contributed by atoms with Crippen LogP contribution in [0.2, 0.25) is 0 Å². The van der Waals surface area contributed by atoms with E-state index in [-0.39, 0.29) is 69.1 Å². The van der Waals surface area contributed by atoms with Crippen LogP contribution in [0.25, 0.3) is 10.8 Å². The van der Waals surface area contributed by atoms with Crippen molar-refractivity contribution in [1.82, 2.24) is 0 Å². The Bertz CT molecular complexity index is 1370. The van der Waals surface area contributed by atoms with Crippen LogP contribution in [0.4, 0.5) is 11.4 Å². The number of hydrogen-bond acceptors (Lipinski definition) is 6. The number of carbonyl (C=O) groups excluding carboxylic acids is 1. The number of carboxylic acids is 1. The zero-order chi connectivity index (χ0) is 22.0. The Labute approximate surface area is 205 Å². The molecule has 4 aromatic carbocycles. The smallest absolute Gasteiger partial charge is 0.336 e. The quantitative estimate of drug-likeness (QED) is 0.226. The van der Waals surface area contributed by atoms with E-state index in [1.165, 1.54) is 42.5 Å². The van der Waals surface area contributed by atoms with Crippen LogP contribution in [0, 0.1) is 0 Å². The van der Waals surface area contributed by atoms with Crippen molar-refractivity contribution in [3.8, 4) is 11.5 Å². The Hall–Kier alpha value is -3.52. The Kier molecular flexibility index (Phi) is 7.05. The predicted octanol–water partition coefficient (Wildman–Crippen LogP) is 5.21. The monoisotopic (exact) mass is 435 g/mol. The van der Waals surface area contributed by atoms with Gasteiger partial charge in [0.15, 0.2) is 5.78 Å². The molecule has 32 heavy (non-hydrogen) atoms. The third-order valence-corrected chi connectivity index (χ3v) is 4.78. The van der Waals surface area contributed by atoms with Crippen molar-refractivity contribution in [2.24, 2.45) is 10.2 Å². The number of phenolic OH excluding ortho intramolecular Hbond substituents is 2. The summed E-state index contributed by atoms with van der Waals surface area (Å²) in [6.07, 6.45) is 0. The van der Waals surface area contributed by atoms with E-state index in [0.717, 1.165) is 5.39 Å². The minimum Gasteiger partial charge on any atom is -0.506 e. The van der Waals surface area contributed by atoms with E-state index in [9.17, 15) is 24.9 Å². The van der Waals surface area contributed by atoms with Crippen LogP contribution >= 0.6 is 0 Å². The Morgan fingerprint density at radius 2 is 1.38 bits per heavy atom. The number of fused-ring (bicyclic) bond motifs is 1. The van der Waals surface area contributed by atoms with Crippen LogP contribution in [0.15, 0.2) is 89.1 Å². The number of aromatic hydroxyl groups is 2. The first-order valence-corrected chi connectivity index (χ1v) is 9.28. The van der Waals surface area contributed by atoms with Crippen molar-refractivity contribution >= 4 is 63.5 Å². The van der Waals surface area contributed by atoms with Gasteiger partial charge in [0.2, 0.25) is 0 Å². The van der Waals surface area contributed by atoms with E-state index in [4.69, 9.17) is 0 Å². The molecule has 0 heterocycles. The first-order valence-electron chi connectivity index (χ1n) is 9.28. The number of benzene rings is 4. The van der Waals surface area contributed by atoms with Crippen molar-refractivity contribution in [3.05, 3.63) is 95.6 Å². The summed E-state index contributed by atoms with van der Waals surface area (Å²) in [5.41, 5.74) is 0.277. The standard InChI is InChI=1S/C24H16N2O5.Na/c27-20-11-10-15(23(29)17-7-3-4-8-18(17)24(30)31)13-19(20)25-26-22-16-6-2-1-5-14(16)9-12-21(22)28;/h1-13,27-28H,(H,30,31);. The Morgan fingerprint density at radius 3 is 2.12 bits per heavy atom. The van der Waals surface area contributed by atoms with Crippen molar-refractivity contribution in [2.75, 3.05) is 0 Å². The zero-order valence-electron chi connectivity index (χ0n) is 17.1. The molecule has 0 atom stereocenters. The van der Waals surface area contributed by atoms with Crippen LogP contribution in [0.5, 0.6) is 11.5 Å². The average Bonchev–Trinajstić information content (AvgIpc) is 2.79. The van der Waals surface area contributed by atoms with Crippen molar-refractivity contribution in [2.45, 2.75) is 0 Å². The molecule has 0 saturated heterocycles. The fourth-order valence-electron chi connectivity index (χ4n) is 3.22. The normalized spacial score (nSPS) is 10.8. The number of hydrogen-bond donors (Lipinski definition) is 3. The van der Waals surface area contributed by atoms with E-state index in [2.05, 4.69) is 10.2 Å². The summed E-state index contributed by atoms with van der Waals surface area (Å²) in [5, 5.41) is 39.4. The zero-order valence-corrected chi connectivity index (χ0v) is 19.1. The third kappa shape index (κ3) is 4.55. The molecule has 0 aromatic heterocycles. The molecule has 3 N–H and O–H groups in total. The van der Waals surface area contributed by atoms with Gasteiger partial charge in [-0.3, -0.25) is 4.79 Å². The summed E-state index contributed by atoms with van der Waals surface area (Å²) in [4.78, 5) is 24.3. The van der Waals surface area contributed by atoms with Gasteiger partial charge >= 0.3 is 5.97 Å². The number of rotatable bonds is 5. The molecule has 0 bridgehead atoms. The molecule has 0 aliphatic carbocycles. The summed E-state index contributed by atoms with van der Waals surface area (Å²) in [5.74, 6) is -2.03. The molecule has 0 unspecified atom stereocenters. The van der Waals surface area contributed by atoms with Crippen LogP contribution in [-0.4, -0.2) is 56.6 Å². The second-order valence-corrected chi connectivity index (χ2v) is 6.74. The molecule has 0 aliphatic rings. The molecule has 0 amide bonds. The molecule has 4 rings (SSSR count). The van der Waals surface area contributed by atoms with Crippen molar-refractivity contribution in [1.29, 1.82) is 0 Å². The van der Waals surface area contributed by atoms with Gasteiger partial charge in [-0.1, -0.05) is 48.5 Å². The molecule has 1 radical (unpaired) electrons. The first-order chi connectivity index (χ1) is 15.0. The van der Waals surface area contributed by atoms with Crippen LogP contribution in [0.3, 0.4) is 0 Å². The molecule has 0 saturated carbocycles. The first kappa shape index (κ1) is 23.1. The van der Waals surface area contributed by atoms with E-state index < -0.39 is 11.8 Å². The molecule has 0 fully saturated rings. The maximum atomic E-state index is 12.9. The van der Waals surface area contributed by atoms with Gasteiger partial charge in [0.25, 0.3) is 0 Å². The SMILES string of the molecule is O=C(O)c1ccccc1C(=O)c1ccc(O)c(N=Nc2c(O)ccc3ccccc23)c1.[Na]. The fourth-order valence-corrected chi connectivity index (χ4v) is 3.22. The minimum absolute atomic E-state index is 0. The summed E-state index contributed by atoms with van der Waals surface area (Å²) >= 11 is 0. The molecular formula is C24H16N2NaO5. The summed E-state index contributed by atoms with van der Waals surface area (Å²) in [6.45, 7) is 0. The summed E-state index contributed by atoms with van der Waals surface area (Å²) in [7, 11) is 0. The van der Waals surface area contributed by atoms with Gasteiger partial charge in [-0.2, -0.15) is 0 Å². The number of aromatic carboxylic acids is 1. The molecule has 0 aliphatic heterocycles. The summed E-state index contributed by atoms with van der Waals surface area (Å²) in [6, 6.07) is 20.4. The van der Waals surface area contributed by atoms with Crippen LogP contribution in [0.1, 0.15) is 26.3 Å². The molecular weight excluding hydrogens is 419 g/mol. The number of carbonyl (C=O) groups is 2. The fraction of sp³-hybridized carbons (Fsp3) is 0. The maximum Gasteiger partial charge on any atom is 0.336 e. The van der Waals surface area contributed by atoms with Gasteiger partial charge in [-0.15, -0.1) is 10.2 Å². The van der Waals surface area contributed by atoms with E-state index in [1.807, 2.05) is 12.1 Å². The predicted molar refractivity (Wildman–Crippen MR) is 120 cm³/mol. The van der Waals surface area contributed by atoms with Gasteiger partial charge in [0.1, 0.15) is 22.9 Å². The summed E-state index contributed by atoms with van der Waals surface area (Å²) < 4.78 is 0. The van der Waals surface area contributed by atoms with Gasteiger partial charge in [-0.05, 0) is 35.7 Å². The van der Waals surface area contributed by atoms with E-state index in [1.54, 1.807) is 24.3 Å². The van der Waals surface area contributed by atoms with Gasteiger partial charge < -0.3 is 15.3 Å². The topological polar surface area (TPSA) is 120 Å². The average molecular weight is 435 g/mol. The number of ketones is 1. The number of carboxylic acid groups (broad SMARTS) is 1. The molecule has 4 aromatic rings. The van der Waals surface area contributed by atoms with E-state index >= 15 is 0 Å². The number of nitrogens with zero attached hydrogens (tertiary/aromatic N) is 2. The van der Waals surface area contributed by atoms with Gasteiger partial charge in [-0.25, -0.2) is 4.79 Å². The largest absolute Gasteiger partial charge is 0.506 e. The van der Waals surface area contributed by atoms with Gasteiger partial charge in [0, 0.05) is 46.1 Å². The molecule has 0 spiro atoms. The minimum atomic E-state index is -1.21. The second-order valence-electron chi connectivity index (χ2n) is 6.74. The van der Waals surface area contributed by atoms with Crippen LogP contribution < -0.4 is 0 Å². The molecule has 8 heteroatoms. The molecule has 7 nitrogen and oxygen atoms in total. The Balaban J connectivity index is 0.00000289. The Morgan fingerprint density at radius 1 is 0.719 bits per heavy atom.